The Morgan fingerprint density at radius 1 is 1.00 bits per heavy atom. The van der Waals surface area contributed by atoms with Crippen molar-refractivity contribution in [2.75, 3.05) is 10.0 Å². The second kappa shape index (κ2) is 7.17. The van der Waals surface area contributed by atoms with Crippen molar-refractivity contribution in [3.8, 4) is 0 Å². The minimum atomic E-state index is -3.65. The first kappa shape index (κ1) is 16.7. The van der Waals surface area contributed by atoms with Crippen LogP contribution < -0.4 is 10.0 Å². The number of benzene rings is 1. The third-order valence-electron chi connectivity index (χ3n) is 4.25. The van der Waals surface area contributed by atoms with Gasteiger partial charge in [-0.25, -0.2) is 8.42 Å². The molecule has 24 heavy (non-hydrogen) atoms. The molecule has 1 aliphatic carbocycles. The van der Waals surface area contributed by atoms with Crippen LogP contribution in [0.25, 0.3) is 0 Å². The summed E-state index contributed by atoms with van der Waals surface area (Å²) in [7, 11) is -3.65. The van der Waals surface area contributed by atoms with Gasteiger partial charge in [0, 0.05) is 6.04 Å². The normalized spacial score (nSPS) is 15.4. The fraction of sp³-hybridized carbons (Fsp3) is 0.412. The summed E-state index contributed by atoms with van der Waals surface area (Å²) in [6.07, 6.45) is 5.63. The quantitative estimate of drug-likeness (QED) is 0.839. The van der Waals surface area contributed by atoms with Crippen LogP contribution in [0.5, 0.6) is 0 Å². The zero-order valence-electron chi connectivity index (χ0n) is 13.7. The molecule has 1 aromatic carbocycles. The minimum Gasteiger partial charge on any atom is -0.366 e. The monoisotopic (exact) mass is 346 g/mol. The molecule has 0 radical (unpaired) electrons. The molecular weight excluding hydrogens is 324 g/mol. The second-order valence-corrected chi connectivity index (χ2v) is 7.71. The molecule has 0 bridgehead atoms. The zero-order chi connectivity index (χ0) is 17.0. The van der Waals surface area contributed by atoms with Crippen LogP contribution in [-0.4, -0.2) is 24.7 Å². The van der Waals surface area contributed by atoms with E-state index in [0.29, 0.717) is 11.9 Å². The number of aryl methyl sites for hydroxylation is 1. The van der Waals surface area contributed by atoms with Crippen LogP contribution in [0.1, 0.15) is 38.2 Å². The summed E-state index contributed by atoms with van der Waals surface area (Å²) < 4.78 is 27.2. The van der Waals surface area contributed by atoms with Gasteiger partial charge in [-0.3, -0.25) is 4.72 Å². The van der Waals surface area contributed by atoms with Crippen molar-refractivity contribution >= 4 is 21.7 Å². The van der Waals surface area contributed by atoms with Crippen molar-refractivity contribution in [3.05, 3.63) is 42.0 Å². The van der Waals surface area contributed by atoms with E-state index in [2.05, 4.69) is 20.2 Å². The van der Waals surface area contributed by atoms with Crippen LogP contribution in [-0.2, 0) is 16.4 Å². The first-order valence-corrected chi connectivity index (χ1v) is 9.77. The Bertz CT molecular complexity index is 767. The van der Waals surface area contributed by atoms with Crippen molar-refractivity contribution in [3.63, 3.8) is 0 Å². The van der Waals surface area contributed by atoms with Gasteiger partial charge in [-0.05, 0) is 49.1 Å². The van der Waals surface area contributed by atoms with Crippen molar-refractivity contribution in [2.24, 2.45) is 0 Å². The number of hydrogen-bond donors (Lipinski definition) is 2. The summed E-state index contributed by atoms with van der Waals surface area (Å²) >= 11 is 0. The molecule has 0 atom stereocenters. The van der Waals surface area contributed by atoms with Crippen molar-refractivity contribution in [2.45, 2.75) is 50.0 Å². The van der Waals surface area contributed by atoms with Gasteiger partial charge in [0.25, 0.3) is 10.0 Å². The fourth-order valence-electron chi connectivity index (χ4n) is 2.84. The molecule has 0 spiro atoms. The third kappa shape index (κ3) is 4.03. The van der Waals surface area contributed by atoms with Gasteiger partial charge in [-0.2, -0.15) is 0 Å². The van der Waals surface area contributed by atoms with Gasteiger partial charge in [0.05, 0.1) is 4.90 Å². The lowest BCUT2D eigenvalue weighted by atomic mass is 10.2. The molecule has 1 aromatic heterocycles. The molecule has 0 amide bonds. The Labute approximate surface area is 142 Å². The highest BCUT2D eigenvalue weighted by Gasteiger charge is 2.17. The fourth-order valence-corrected chi connectivity index (χ4v) is 3.84. The predicted molar refractivity (Wildman–Crippen MR) is 94.5 cm³/mol. The molecule has 0 unspecified atom stereocenters. The van der Waals surface area contributed by atoms with Gasteiger partial charge < -0.3 is 5.32 Å². The molecule has 128 valence electrons. The van der Waals surface area contributed by atoms with Gasteiger partial charge in [-0.1, -0.05) is 31.9 Å². The number of nitrogens with zero attached hydrogens (tertiary/aromatic N) is 2. The maximum Gasteiger partial charge on any atom is 0.263 e. The standard InChI is InChI=1S/C17H22N4O2S/c1-2-13-7-9-15(10-8-13)24(22,23)21-17-12-11-16(19-20-17)18-14-5-3-4-6-14/h7-12,14H,2-6H2,1H3,(H,18,19)(H,20,21). The van der Waals surface area contributed by atoms with Crippen LogP contribution >= 0.6 is 0 Å². The van der Waals surface area contributed by atoms with E-state index in [9.17, 15) is 8.42 Å². The van der Waals surface area contributed by atoms with Crippen LogP contribution in [0, 0.1) is 0 Å². The van der Waals surface area contributed by atoms with Crippen LogP contribution in [0.3, 0.4) is 0 Å². The number of hydrogen-bond acceptors (Lipinski definition) is 5. The smallest absolute Gasteiger partial charge is 0.263 e. The second-order valence-electron chi connectivity index (χ2n) is 6.03. The van der Waals surface area contributed by atoms with Gasteiger partial charge in [0.1, 0.15) is 5.82 Å². The summed E-state index contributed by atoms with van der Waals surface area (Å²) in [5.74, 6) is 0.892. The zero-order valence-corrected chi connectivity index (χ0v) is 14.5. The molecule has 3 rings (SSSR count). The average molecular weight is 346 g/mol. The third-order valence-corrected chi connectivity index (χ3v) is 5.62. The van der Waals surface area contributed by atoms with E-state index in [0.717, 1.165) is 24.8 Å². The van der Waals surface area contributed by atoms with E-state index in [1.54, 1.807) is 24.3 Å². The molecule has 0 saturated heterocycles. The maximum atomic E-state index is 12.4. The molecule has 0 aliphatic heterocycles. The van der Waals surface area contributed by atoms with Crippen LogP contribution in [0.4, 0.5) is 11.6 Å². The maximum absolute atomic E-state index is 12.4. The van der Waals surface area contributed by atoms with Crippen LogP contribution in [0.2, 0.25) is 0 Å². The summed E-state index contributed by atoms with van der Waals surface area (Å²) in [4.78, 5) is 0.217. The molecule has 1 fully saturated rings. The Hall–Kier alpha value is -2.15. The molecule has 2 N–H and O–H groups in total. The van der Waals surface area contributed by atoms with Gasteiger partial charge in [0.2, 0.25) is 0 Å². The summed E-state index contributed by atoms with van der Waals surface area (Å²) in [5, 5.41) is 11.3. The summed E-state index contributed by atoms with van der Waals surface area (Å²) in [6.45, 7) is 2.03. The molecule has 1 heterocycles. The first-order valence-electron chi connectivity index (χ1n) is 8.29. The molecule has 1 aliphatic rings. The Morgan fingerprint density at radius 2 is 1.62 bits per heavy atom. The number of anilines is 2. The molecular formula is C17H22N4O2S. The highest BCUT2D eigenvalue weighted by molar-refractivity contribution is 7.92. The minimum absolute atomic E-state index is 0.214. The van der Waals surface area contributed by atoms with Crippen molar-refractivity contribution < 1.29 is 8.42 Å². The van der Waals surface area contributed by atoms with E-state index < -0.39 is 10.0 Å². The highest BCUT2D eigenvalue weighted by atomic mass is 32.2. The lowest BCUT2D eigenvalue weighted by molar-refractivity contribution is 0.601. The predicted octanol–water partition coefficient (Wildman–Crippen LogP) is 3.19. The first-order chi connectivity index (χ1) is 11.6. The summed E-state index contributed by atoms with van der Waals surface area (Å²) in [6, 6.07) is 10.7. The van der Waals surface area contributed by atoms with Crippen LogP contribution in [0.15, 0.2) is 41.3 Å². The van der Waals surface area contributed by atoms with E-state index >= 15 is 0 Å². The van der Waals surface area contributed by atoms with E-state index in [4.69, 9.17) is 0 Å². The van der Waals surface area contributed by atoms with Gasteiger partial charge >= 0.3 is 0 Å². The Balaban J connectivity index is 1.67. The molecule has 6 nitrogen and oxygen atoms in total. The number of sulfonamides is 1. The molecule has 1 saturated carbocycles. The lowest BCUT2D eigenvalue weighted by Crippen LogP contribution is -2.17. The number of nitrogens with one attached hydrogen (secondary N) is 2. The lowest BCUT2D eigenvalue weighted by Gasteiger charge is -2.12. The van der Waals surface area contributed by atoms with Crippen molar-refractivity contribution in [1.82, 2.24) is 10.2 Å². The highest BCUT2D eigenvalue weighted by Crippen LogP contribution is 2.21. The van der Waals surface area contributed by atoms with Gasteiger partial charge in [0.15, 0.2) is 5.82 Å². The Morgan fingerprint density at radius 3 is 2.21 bits per heavy atom. The average Bonchev–Trinajstić information content (AvgIpc) is 3.09. The number of rotatable bonds is 6. The SMILES string of the molecule is CCc1ccc(S(=O)(=O)Nc2ccc(NC3CCCC3)nn2)cc1. The topological polar surface area (TPSA) is 84.0 Å². The van der Waals surface area contributed by atoms with Crippen molar-refractivity contribution in [1.29, 1.82) is 0 Å². The van der Waals surface area contributed by atoms with E-state index in [1.807, 2.05) is 19.1 Å². The molecule has 7 heteroatoms. The van der Waals surface area contributed by atoms with Gasteiger partial charge in [-0.15, -0.1) is 10.2 Å². The summed E-state index contributed by atoms with van der Waals surface area (Å²) in [5.41, 5.74) is 1.09. The van der Waals surface area contributed by atoms with E-state index in [-0.39, 0.29) is 10.7 Å². The van der Waals surface area contributed by atoms with E-state index in [1.165, 1.54) is 12.8 Å². The molecule has 2 aromatic rings. The number of aromatic nitrogens is 2. The Kier molecular flexibility index (Phi) is 4.99. The largest absolute Gasteiger partial charge is 0.366 e.